The lowest BCUT2D eigenvalue weighted by Crippen LogP contribution is -2.27. The summed E-state index contributed by atoms with van der Waals surface area (Å²) in [6, 6.07) is 5.74. The van der Waals surface area contributed by atoms with E-state index < -0.39 is 0 Å². The summed E-state index contributed by atoms with van der Waals surface area (Å²) in [7, 11) is 1.64. The molecule has 0 unspecified atom stereocenters. The van der Waals surface area contributed by atoms with E-state index in [-0.39, 0.29) is 11.8 Å². The number of rotatable bonds is 5. The highest BCUT2D eigenvalue weighted by molar-refractivity contribution is 5.80. The maximum atomic E-state index is 11.5. The molecular weight excluding hydrogens is 242 g/mol. The number of aromatic amines is 1. The molecule has 5 nitrogen and oxygen atoms in total. The smallest absolute Gasteiger partial charge is 0.223 e. The van der Waals surface area contributed by atoms with Crippen LogP contribution in [0, 0.1) is 5.92 Å². The topological polar surface area (TPSA) is 67.0 Å². The van der Waals surface area contributed by atoms with Crippen molar-refractivity contribution < 1.29 is 9.53 Å². The first-order chi connectivity index (χ1) is 9.26. The van der Waals surface area contributed by atoms with Crippen LogP contribution in [-0.4, -0.2) is 29.5 Å². The summed E-state index contributed by atoms with van der Waals surface area (Å²) < 4.78 is 5.17. The van der Waals surface area contributed by atoms with Crippen LogP contribution in [0.15, 0.2) is 18.2 Å². The number of ether oxygens (including phenoxy) is 1. The Bertz CT molecular complexity index is 602. The molecule has 5 heteroatoms. The highest BCUT2D eigenvalue weighted by Gasteiger charge is 2.29. The van der Waals surface area contributed by atoms with Gasteiger partial charge in [-0.25, -0.2) is 4.98 Å². The van der Waals surface area contributed by atoms with Gasteiger partial charge in [0.25, 0.3) is 0 Å². The molecule has 1 saturated carbocycles. The van der Waals surface area contributed by atoms with Gasteiger partial charge in [0.1, 0.15) is 11.6 Å². The maximum absolute atomic E-state index is 11.5. The van der Waals surface area contributed by atoms with Crippen LogP contribution in [0.2, 0.25) is 0 Å². The van der Waals surface area contributed by atoms with Crippen LogP contribution in [0.5, 0.6) is 5.75 Å². The third-order valence-electron chi connectivity index (χ3n) is 3.35. The number of hydrogen-bond acceptors (Lipinski definition) is 3. The van der Waals surface area contributed by atoms with Crippen LogP contribution in [0.1, 0.15) is 18.7 Å². The van der Waals surface area contributed by atoms with Gasteiger partial charge in [-0.15, -0.1) is 0 Å². The largest absolute Gasteiger partial charge is 0.497 e. The van der Waals surface area contributed by atoms with E-state index in [9.17, 15) is 4.79 Å². The lowest BCUT2D eigenvalue weighted by molar-refractivity contribution is -0.122. The molecular formula is C14H17N3O2. The Labute approximate surface area is 111 Å². The predicted molar refractivity (Wildman–Crippen MR) is 72.1 cm³/mol. The molecule has 0 saturated heterocycles. The maximum Gasteiger partial charge on any atom is 0.223 e. The van der Waals surface area contributed by atoms with Crippen molar-refractivity contribution in [2.24, 2.45) is 5.92 Å². The van der Waals surface area contributed by atoms with Crippen LogP contribution in [0.3, 0.4) is 0 Å². The Balaban J connectivity index is 1.62. The van der Waals surface area contributed by atoms with Crippen LogP contribution >= 0.6 is 0 Å². The summed E-state index contributed by atoms with van der Waals surface area (Å²) in [5.41, 5.74) is 1.88. The summed E-state index contributed by atoms with van der Waals surface area (Å²) in [6.07, 6.45) is 2.79. The summed E-state index contributed by atoms with van der Waals surface area (Å²) in [5, 5.41) is 2.94. The van der Waals surface area contributed by atoms with Crippen LogP contribution in [0.25, 0.3) is 11.0 Å². The minimum absolute atomic E-state index is 0.179. The van der Waals surface area contributed by atoms with Crippen LogP contribution < -0.4 is 10.1 Å². The van der Waals surface area contributed by atoms with Gasteiger partial charge >= 0.3 is 0 Å². The fraction of sp³-hybridized carbons (Fsp3) is 0.429. The molecule has 0 spiro atoms. The van der Waals surface area contributed by atoms with Crippen LogP contribution in [-0.2, 0) is 11.2 Å². The third kappa shape index (κ3) is 2.70. The van der Waals surface area contributed by atoms with Gasteiger partial charge in [-0.2, -0.15) is 0 Å². The summed E-state index contributed by atoms with van der Waals surface area (Å²) >= 11 is 0. The van der Waals surface area contributed by atoms with Crippen molar-refractivity contribution in [2.45, 2.75) is 19.3 Å². The van der Waals surface area contributed by atoms with E-state index in [4.69, 9.17) is 4.74 Å². The fourth-order valence-corrected chi connectivity index (χ4v) is 2.08. The van der Waals surface area contributed by atoms with Gasteiger partial charge in [-0.3, -0.25) is 4.79 Å². The van der Waals surface area contributed by atoms with Crippen molar-refractivity contribution in [3.63, 3.8) is 0 Å². The monoisotopic (exact) mass is 259 g/mol. The second kappa shape index (κ2) is 4.91. The van der Waals surface area contributed by atoms with E-state index in [0.29, 0.717) is 6.54 Å². The normalized spacial score (nSPS) is 14.6. The minimum atomic E-state index is 0.179. The average Bonchev–Trinajstić information content (AvgIpc) is 3.19. The number of methoxy groups -OCH3 is 1. The Hall–Kier alpha value is -2.04. The molecule has 0 bridgehead atoms. The number of fused-ring (bicyclic) bond motifs is 1. The number of carbonyl (C=O) groups excluding carboxylic acids is 1. The van der Waals surface area contributed by atoms with Crippen LogP contribution in [0.4, 0.5) is 0 Å². The highest BCUT2D eigenvalue weighted by Crippen LogP contribution is 2.28. The number of hydrogen-bond donors (Lipinski definition) is 2. The molecule has 1 aromatic carbocycles. The standard InChI is InChI=1S/C14H17N3O2/c1-19-10-4-5-11-12(8-10)17-13(16-11)6-7-15-14(18)9-2-3-9/h4-5,8-9H,2-3,6-7H2,1H3,(H,15,18)(H,16,17). The average molecular weight is 259 g/mol. The number of nitrogens with zero attached hydrogens (tertiary/aromatic N) is 1. The van der Waals surface area contributed by atoms with Crippen molar-refractivity contribution in [1.82, 2.24) is 15.3 Å². The molecule has 100 valence electrons. The third-order valence-corrected chi connectivity index (χ3v) is 3.35. The Kier molecular flexibility index (Phi) is 3.11. The van der Waals surface area contributed by atoms with Crippen molar-refractivity contribution in [3.05, 3.63) is 24.0 Å². The molecule has 1 aromatic heterocycles. The predicted octanol–water partition coefficient (Wildman–Crippen LogP) is 1.64. The number of nitrogens with one attached hydrogen (secondary N) is 2. The van der Waals surface area contributed by atoms with E-state index in [1.807, 2.05) is 18.2 Å². The van der Waals surface area contributed by atoms with Crippen molar-refractivity contribution in [2.75, 3.05) is 13.7 Å². The van der Waals surface area contributed by atoms with Crippen molar-refractivity contribution in [1.29, 1.82) is 0 Å². The van der Waals surface area contributed by atoms with Gasteiger partial charge < -0.3 is 15.0 Å². The lowest BCUT2D eigenvalue weighted by atomic mass is 10.3. The molecule has 1 heterocycles. The van der Waals surface area contributed by atoms with Gasteiger partial charge in [0.05, 0.1) is 18.1 Å². The highest BCUT2D eigenvalue weighted by atomic mass is 16.5. The molecule has 1 fully saturated rings. The van der Waals surface area contributed by atoms with Gasteiger partial charge in [-0.05, 0) is 25.0 Å². The Morgan fingerprint density at radius 3 is 3.11 bits per heavy atom. The number of H-pyrrole nitrogens is 1. The minimum Gasteiger partial charge on any atom is -0.497 e. The van der Waals surface area contributed by atoms with Gasteiger partial charge in [0.2, 0.25) is 5.91 Å². The zero-order chi connectivity index (χ0) is 13.2. The molecule has 0 atom stereocenters. The first-order valence-electron chi connectivity index (χ1n) is 6.56. The SMILES string of the molecule is COc1ccc2nc(CCNC(=O)C3CC3)[nH]c2c1. The summed E-state index contributed by atoms with van der Waals surface area (Å²) in [4.78, 5) is 19.2. The number of carbonyl (C=O) groups is 1. The molecule has 1 aliphatic carbocycles. The first kappa shape index (κ1) is 12.0. The number of benzene rings is 1. The molecule has 2 N–H and O–H groups in total. The molecule has 0 aliphatic heterocycles. The van der Waals surface area contributed by atoms with E-state index in [2.05, 4.69) is 15.3 Å². The molecule has 1 aliphatic rings. The zero-order valence-corrected chi connectivity index (χ0v) is 10.9. The van der Waals surface area contributed by atoms with E-state index in [1.54, 1.807) is 7.11 Å². The Morgan fingerprint density at radius 1 is 1.53 bits per heavy atom. The van der Waals surface area contributed by atoms with Crippen molar-refractivity contribution in [3.8, 4) is 5.75 Å². The first-order valence-corrected chi connectivity index (χ1v) is 6.56. The van der Waals surface area contributed by atoms with E-state index in [1.165, 1.54) is 0 Å². The molecule has 2 aromatic rings. The molecule has 1 amide bonds. The number of aromatic nitrogens is 2. The van der Waals surface area contributed by atoms with E-state index >= 15 is 0 Å². The lowest BCUT2D eigenvalue weighted by Gasteiger charge is -2.01. The number of amides is 1. The van der Waals surface area contributed by atoms with Gasteiger partial charge in [-0.1, -0.05) is 0 Å². The number of imidazole rings is 1. The van der Waals surface area contributed by atoms with Crippen molar-refractivity contribution >= 4 is 16.9 Å². The molecule has 19 heavy (non-hydrogen) atoms. The molecule has 0 radical (unpaired) electrons. The van der Waals surface area contributed by atoms with E-state index in [0.717, 1.165) is 41.9 Å². The second-order valence-corrected chi connectivity index (χ2v) is 4.88. The Morgan fingerprint density at radius 2 is 2.37 bits per heavy atom. The molecule has 3 rings (SSSR count). The van der Waals surface area contributed by atoms with Gasteiger partial charge in [0.15, 0.2) is 0 Å². The second-order valence-electron chi connectivity index (χ2n) is 4.88. The fourth-order valence-electron chi connectivity index (χ4n) is 2.08. The quantitative estimate of drug-likeness (QED) is 0.857. The summed E-state index contributed by atoms with van der Waals surface area (Å²) in [5.74, 6) is 2.14. The summed E-state index contributed by atoms with van der Waals surface area (Å²) in [6.45, 7) is 0.631. The van der Waals surface area contributed by atoms with Gasteiger partial charge in [0, 0.05) is 24.9 Å². The zero-order valence-electron chi connectivity index (χ0n) is 10.9.